The quantitative estimate of drug-likeness (QED) is 0.407. The van der Waals surface area contributed by atoms with Gasteiger partial charge in [-0.2, -0.15) is 5.10 Å². The second-order valence-electron chi connectivity index (χ2n) is 5.39. The van der Waals surface area contributed by atoms with Crippen molar-refractivity contribution >= 4 is 23.3 Å². The van der Waals surface area contributed by atoms with Crippen LogP contribution in [-0.4, -0.2) is 26.7 Å². The van der Waals surface area contributed by atoms with Crippen LogP contribution < -0.4 is 0 Å². The minimum Gasteiger partial charge on any atom is -0.481 e. The van der Waals surface area contributed by atoms with E-state index in [1.54, 1.807) is 6.08 Å². The smallest absolute Gasteiger partial charge is 0.310 e. The molecule has 4 nitrogen and oxygen atoms in total. The summed E-state index contributed by atoms with van der Waals surface area (Å²) in [7, 11) is 0. The number of aromatic nitrogens is 2. The molecule has 2 rings (SSSR count). The Morgan fingerprint density at radius 2 is 2.15 bits per heavy atom. The van der Waals surface area contributed by atoms with Gasteiger partial charge in [0.2, 0.25) is 0 Å². The maximum Gasteiger partial charge on any atom is 0.310 e. The Morgan fingerprint density at radius 3 is 2.74 bits per heavy atom. The molecule has 146 valence electrons. The fourth-order valence-electron chi connectivity index (χ4n) is 2.50. The topological polar surface area (TPSA) is 55.1 Å². The summed E-state index contributed by atoms with van der Waals surface area (Å²) in [6, 6.07) is 1.99. The zero-order chi connectivity index (χ0) is 20.7. The lowest BCUT2D eigenvalue weighted by Crippen LogP contribution is -2.10. The minimum atomic E-state index is -0.760. The van der Waals surface area contributed by atoms with E-state index >= 15 is 0 Å². The van der Waals surface area contributed by atoms with E-state index in [1.807, 2.05) is 68.1 Å². The third-order valence-corrected chi connectivity index (χ3v) is 3.94. The van der Waals surface area contributed by atoms with Gasteiger partial charge in [-0.1, -0.05) is 49.8 Å². The van der Waals surface area contributed by atoms with Gasteiger partial charge in [0.1, 0.15) is 0 Å². The van der Waals surface area contributed by atoms with Crippen LogP contribution in [0.5, 0.6) is 0 Å². The number of alkyl halides is 1. The van der Waals surface area contributed by atoms with E-state index < -0.39 is 11.9 Å². The standard InChI is InChI=1S/C18H21ClN2O2.C2H6.C2H2/c1-2-17(7-4-11-19)21-12-10-16(20-21)13-14-5-3-6-15(9-8-14)18(22)23;2*1-2/h2-7,10,12,15H,8-9,11,13H2,1H3,(H,22,23);1-2H3;1-2H/b7-4-,17-2+;;. The van der Waals surface area contributed by atoms with E-state index in [0.29, 0.717) is 12.3 Å². The lowest BCUT2D eigenvalue weighted by Gasteiger charge is -2.07. The lowest BCUT2D eigenvalue weighted by atomic mass is 10.00. The number of carbonyl (C=O) groups is 1. The zero-order valence-electron chi connectivity index (χ0n) is 16.3. The Morgan fingerprint density at radius 1 is 1.44 bits per heavy atom. The highest BCUT2D eigenvalue weighted by Crippen LogP contribution is 2.21. The maximum absolute atomic E-state index is 11.1. The molecular weight excluding hydrogens is 360 g/mol. The van der Waals surface area contributed by atoms with Gasteiger partial charge in [0.25, 0.3) is 0 Å². The molecule has 1 aromatic rings. The first kappa shape index (κ1) is 24.5. The van der Waals surface area contributed by atoms with Gasteiger partial charge < -0.3 is 5.11 Å². The average Bonchev–Trinajstić information content (AvgIpc) is 3.02. The Kier molecular flexibility index (Phi) is 13.3. The van der Waals surface area contributed by atoms with Gasteiger partial charge >= 0.3 is 5.97 Å². The summed E-state index contributed by atoms with van der Waals surface area (Å²) in [6.07, 6.45) is 23.5. The number of rotatable bonds is 6. The molecule has 1 atom stereocenters. The molecule has 1 unspecified atom stereocenters. The van der Waals surface area contributed by atoms with E-state index in [9.17, 15) is 4.79 Å². The first-order valence-corrected chi connectivity index (χ1v) is 9.53. The van der Waals surface area contributed by atoms with E-state index in [1.165, 1.54) is 5.57 Å². The van der Waals surface area contributed by atoms with E-state index in [4.69, 9.17) is 16.7 Å². The molecule has 1 aliphatic carbocycles. The highest BCUT2D eigenvalue weighted by atomic mass is 35.5. The summed E-state index contributed by atoms with van der Waals surface area (Å²) >= 11 is 5.67. The van der Waals surface area contributed by atoms with E-state index in [0.717, 1.165) is 24.2 Å². The van der Waals surface area contributed by atoms with Gasteiger partial charge in [0.15, 0.2) is 0 Å². The average molecular weight is 389 g/mol. The van der Waals surface area contributed by atoms with Crippen LogP contribution in [0.15, 0.2) is 54.3 Å². The molecule has 0 radical (unpaired) electrons. The minimum absolute atomic E-state index is 0.392. The Hall–Kier alpha value is -2.51. The summed E-state index contributed by atoms with van der Waals surface area (Å²) in [5.74, 6) is -0.685. The Balaban J connectivity index is 0.00000158. The number of carboxylic acids is 1. The van der Waals surface area contributed by atoms with Crippen molar-refractivity contribution in [3.8, 4) is 12.8 Å². The van der Waals surface area contributed by atoms with Crippen LogP contribution in [0.1, 0.15) is 39.3 Å². The van der Waals surface area contributed by atoms with Crippen LogP contribution >= 0.6 is 11.6 Å². The first-order chi connectivity index (χ1) is 13.1. The molecule has 1 heterocycles. The molecule has 0 saturated heterocycles. The second-order valence-corrected chi connectivity index (χ2v) is 5.70. The van der Waals surface area contributed by atoms with Crippen molar-refractivity contribution in [2.24, 2.45) is 5.92 Å². The predicted octanol–water partition coefficient (Wildman–Crippen LogP) is 5.33. The van der Waals surface area contributed by atoms with Gasteiger partial charge in [0, 0.05) is 18.5 Å². The molecule has 0 amide bonds. The molecule has 0 aromatic carbocycles. The SMILES string of the molecule is C#C.C/C=C(\C=C/CCl)n1ccc(CC2=CC=CC(C(=O)O)CC2)n1.CC. The molecule has 0 bridgehead atoms. The molecule has 1 aromatic heterocycles. The van der Waals surface area contributed by atoms with Crippen molar-refractivity contribution in [2.75, 3.05) is 5.88 Å². The molecular formula is C22H29ClN2O2. The summed E-state index contributed by atoms with van der Waals surface area (Å²) in [5.41, 5.74) is 3.14. The number of hydrogen-bond donors (Lipinski definition) is 1. The van der Waals surface area contributed by atoms with Crippen molar-refractivity contribution in [1.82, 2.24) is 9.78 Å². The van der Waals surface area contributed by atoms with E-state index in [2.05, 4.69) is 17.9 Å². The van der Waals surface area contributed by atoms with Crippen molar-refractivity contribution < 1.29 is 9.90 Å². The van der Waals surface area contributed by atoms with Crippen LogP contribution in [0, 0.1) is 18.8 Å². The van der Waals surface area contributed by atoms with Crippen molar-refractivity contribution in [3.05, 3.63) is 60.0 Å². The third kappa shape index (κ3) is 8.61. The molecule has 0 aliphatic heterocycles. The monoisotopic (exact) mass is 388 g/mol. The summed E-state index contributed by atoms with van der Waals surface area (Å²) in [4.78, 5) is 11.1. The van der Waals surface area contributed by atoms with Gasteiger partial charge in [-0.3, -0.25) is 4.79 Å². The molecule has 1 N–H and O–H groups in total. The van der Waals surface area contributed by atoms with Crippen LogP contribution in [-0.2, 0) is 11.2 Å². The number of hydrogen-bond acceptors (Lipinski definition) is 2. The number of carboxylic acid groups (broad SMARTS) is 1. The summed E-state index contributed by atoms with van der Waals surface area (Å²) in [6.45, 7) is 5.96. The second kappa shape index (κ2) is 14.6. The molecule has 27 heavy (non-hydrogen) atoms. The summed E-state index contributed by atoms with van der Waals surface area (Å²) in [5, 5.41) is 13.7. The Bertz CT molecular complexity index is 709. The number of nitrogens with zero attached hydrogens (tertiary/aromatic N) is 2. The van der Waals surface area contributed by atoms with Crippen LogP contribution in [0.3, 0.4) is 0 Å². The van der Waals surface area contributed by atoms with Gasteiger partial charge in [-0.25, -0.2) is 4.68 Å². The lowest BCUT2D eigenvalue weighted by molar-refractivity contribution is -0.140. The maximum atomic E-state index is 11.1. The van der Waals surface area contributed by atoms with Gasteiger partial charge in [-0.05, 0) is 31.9 Å². The third-order valence-electron chi connectivity index (χ3n) is 3.76. The predicted molar refractivity (Wildman–Crippen MR) is 115 cm³/mol. The number of allylic oxidation sites excluding steroid dienone is 7. The number of terminal acetylenes is 1. The molecule has 0 fully saturated rings. The van der Waals surface area contributed by atoms with Crippen molar-refractivity contribution in [3.63, 3.8) is 0 Å². The van der Waals surface area contributed by atoms with Crippen LogP contribution in [0.2, 0.25) is 0 Å². The molecule has 0 spiro atoms. The first-order valence-electron chi connectivity index (χ1n) is 9.00. The fourth-order valence-corrected chi connectivity index (χ4v) is 2.59. The molecule has 1 aliphatic rings. The largest absolute Gasteiger partial charge is 0.481 e. The van der Waals surface area contributed by atoms with Gasteiger partial charge in [0.05, 0.1) is 17.3 Å². The van der Waals surface area contributed by atoms with Crippen LogP contribution in [0.25, 0.3) is 5.70 Å². The molecule has 5 heteroatoms. The van der Waals surface area contributed by atoms with Crippen molar-refractivity contribution in [2.45, 2.75) is 40.0 Å². The number of halogens is 1. The highest BCUT2D eigenvalue weighted by molar-refractivity contribution is 6.19. The normalized spacial score (nSPS) is 16.4. The summed E-state index contributed by atoms with van der Waals surface area (Å²) < 4.78 is 1.82. The highest BCUT2D eigenvalue weighted by Gasteiger charge is 2.16. The zero-order valence-corrected chi connectivity index (χ0v) is 17.1. The van der Waals surface area contributed by atoms with Gasteiger partial charge in [-0.15, -0.1) is 24.4 Å². The molecule has 0 saturated carbocycles. The van der Waals surface area contributed by atoms with Crippen LogP contribution in [0.4, 0.5) is 0 Å². The number of aliphatic carboxylic acids is 1. The van der Waals surface area contributed by atoms with Crippen molar-refractivity contribution in [1.29, 1.82) is 0 Å². The fraction of sp³-hybridized carbons (Fsp3) is 0.364. The van der Waals surface area contributed by atoms with E-state index in [-0.39, 0.29) is 0 Å². The Labute approximate surface area is 167 Å².